The highest BCUT2D eigenvalue weighted by Gasteiger charge is 2.57. The number of allylic oxidation sites excluding steroid dienone is 4. The summed E-state index contributed by atoms with van der Waals surface area (Å²) in [6.07, 6.45) is 6.46. The van der Waals surface area contributed by atoms with Crippen molar-refractivity contribution in [1.82, 2.24) is 4.90 Å². The number of hydrogen-bond donors (Lipinski definition) is 1. The molecular formula is C56H97NO12Si2. The van der Waals surface area contributed by atoms with E-state index in [1.165, 1.54) is 25.2 Å². The molecule has 15 heteroatoms. The minimum Gasteiger partial charge on any atom is -0.456 e. The molecular weight excluding hydrogens is 936 g/mol. The van der Waals surface area contributed by atoms with Gasteiger partial charge < -0.3 is 42.5 Å². The Bertz CT molecular complexity index is 1990. The third-order valence-electron chi connectivity index (χ3n) is 17.3. The third-order valence-corrected chi connectivity index (χ3v) is 26.3. The lowest BCUT2D eigenvalue weighted by Crippen LogP contribution is -2.64. The van der Waals surface area contributed by atoms with Gasteiger partial charge in [-0.15, -0.1) is 6.53 Å². The minimum absolute atomic E-state index is 0.0255. The van der Waals surface area contributed by atoms with Crippen LogP contribution in [0.2, 0.25) is 36.3 Å². The van der Waals surface area contributed by atoms with E-state index in [0.717, 1.165) is 24.0 Å². The molecule has 0 radical (unpaired) electrons. The van der Waals surface area contributed by atoms with Gasteiger partial charge in [-0.2, -0.15) is 0 Å². The van der Waals surface area contributed by atoms with Gasteiger partial charge in [-0.05, 0) is 132 Å². The number of carbonyl (C=O) groups is 4. The molecule has 1 saturated carbocycles. The lowest BCUT2D eigenvalue weighted by Gasteiger charge is -2.47. The number of ether oxygens (including phenoxy) is 5. The lowest BCUT2D eigenvalue weighted by atomic mass is 9.81. The fourth-order valence-corrected chi connectivity index (χ4v) is 13.5. The van der Waals surface area contributed by atoms with Crippen molar-refractivity contribution >= 4 is 40.1 Å². The number of fused-ring (bicyclic) bond motifs is 3. The number of amides is 1. The summed E-state index contributed by atoms with van der Waals surface area (Å²) in [4.78, 5) is 60.6. The molecule has 0 aromatic carbocycles. The van der Waals surface area contributed by atoms with Gasteiger partial charge >= 0.3 is 5.97 Å². The van der Waals surface area contributed by atoms with Gasteiger partial charge in [0.1, 0.15) is 24.0 Å². The molecule has 1 N–H and O–H groups in total. The van der Waals surface area contributed by atoms with Crippen LogP contribution in [0.15, 0.2) is 35.9 Å². The monoisotopic (exact) mass is 1030 g/mol. The Hall–Kier alpha value is -2.35. The van der Waals surface area contributed by atoms with Crippen LogP contribution in [-0.2, 0) is 51.7 Å². The number of rotatable bonds is 11. The van der Waals surface area contributed by atoms with E-state index in [4.69, 9.17) is 35.3 Å². The Kier molecular flexibility index (Phi) is 20.4. The van der Waals surface area contributed by atoms with Crippen molar-refractivity contribution in [1.29, 1.82) is 0 Å². The van der Waals surface area contributed by atoms with E-state index in [1.807, 2.05) is 33.8 Å². The number of methoxy groups -OCH3 is 3. The number of aliphatic hydroxyl groups is 1. The van der Waals surface area contributed by atoms with Gasteiger partial charge in [-0.25, -0.2) is 4.79 Å². The highest BCUT2D eigenvalue weighted by Crippen LogP contribution is 2.44. The highest BCUT2D eigenvalue weighted by atomic mass is 28.4. The first-order valence-electron chi connectivity index (χ1n) is 27.6. The molecule has 3 heterocycles. The Balaban J connectivity index is 1.92. The molecule has 0 aromatic rings. The van der Waals surface area contributed by atoms with Crippen LogP contribution in [0, 0.1) is 29.6 Å². The third kappa shape index (κ3) is 15.0. The van der Waals surface area contributed by atoms with Crippen molar-refractivity contribution in [3.8, 4) is 0 Å². The van der Waals surface area contributed by atoms with Crippen molar-refractivity contribution in [2.24, 2.45) is 29.6 Å². The maximum absolute atomic E-state index is 15.1. The molecule has 4 aliphatic rings. The van der Waals surface area contributed by atoms with Gasteiger partial charge in [0.25, 0.3) is 11.7 Å². The molecule has 2 bridgehead atoms. The number of cyclic esters (lactones) is 1. The number of piperidine rings is 1. The van der Waals surface area contributed by atoms with Crippen LogP contribution < -0.4 is 0 Å². The van der Waals surface area contributed by atoms with Crippen LogP contribution in [-0.4, -0.2) is 133 Å². The Morgan fingerprint density at radius 1 is 0.845 bits per heavy atom. The van der Waals surface area contributed by atoms with Crippen molar-refractivity contribution in [3.05, 3.63) is 35.9 Å². The fraction of sp³-hybridized carbons (Fsp3) is 0.821. The number of ketones is 2. The fourth-order valence-electron chi connectivity index (χ4n) is 10.7. The van der Waals surface area contributed by atoms with Crippen molar-refractivity contribution in [2.75, 3.05) is 27.9 Å². The number of hydrogen-bond acceptors (Lipinski definition) is 12. The summed E-state index contributed by atoms with van der Waals surface area (Å²) in [6, 6.07) is -1.14. The molecule has 13 nitrogen and oxygen atoms in total. The van der Waals surface area contributed by atoms with Gasteiger partial charge in [-0.3, -0.25) is 14.4 Å². The molecule has 3 aliphatic heterocycles. The molecule has 406 valence electrons. The van der Waals surface area contributed by atoms with Gasteiger partial charge in [0.2, 0.25) is 5.79 Å². The van der Waals surface area contributed by atoms with Crippen molar-refractivity contribution in [2.45, 2.75) is 238 Å². The van der Waals surface area contributed by atoms with Crippen LogP contribution in [0.5, 0.6) is 0 Å². The van der Waals surface area contributed by atoms with Gasteiger partial charge in [0, 0.05) is 52.0 Å². The topological polar surface area (TPSA) is 156 Å². The molecule has 1 amide bonds. The van der Waals surface area contributed by atoms with Gasteiger partial charge in [0.05, 0.1) is 33.3 Å². The predicted molar refractivity (Wildman–Crippen MR) is 285 cm³/mol. The maximum atomic E-state index is 15.1. The summed E-state index contributed by atoms with van der Waals surface area (Å²) in [5.41, 5.74) is 1.69. The van der Waals surface area contributed by atoms with Crippen LogP contribution in [0.1, 0.15) is 150 Å². The maximum Gasteiger partial charge on any atom is 0.329 e. The SMILES string of the molecule is [2H][13C]([2H])=CC[C@@H]1/C=C(\C)C[C@H](C)C[C@H](OC)[C@H]2O[C@@](O)(C(=O)C(=O)N3CCCC[C@H]3C(=O)O[C@H](/C(C)=C/[C@@H]3CC[C@@H](O[Si](C)(C)C(C)(C)C)[C@H](OC)C3)[C@H](C)C(O[Si](C)(C)C(C)(C)C)CC1=O)[C@H](C)C[C@@H]2OC. The molecule has 14 atom stereocenters. The zero-order valence-electron chi connectivity index (χ0n) is 49.1. The van der Waals surface area contributed by atoms with Gasteiger partial charge in [0.15, 0.2) is 16.6 Å². The predicted octanol–water partition coefficient (Wildman–Crippen LogP) is 10.7. The van der Waals surface area contributed by atoms with Crippen molar-refractivity contribution < 1.29 is 59.6 Å². The summed E-state index contributed by atoms with van der Waals surface area (Å²) in [7, 11) is 0.0541. The quantitative estimate of drug-likeness (QED) is 0.0688. The number of carbonyl (C=O) groups excluding carboxylic acids is 4. The molecule has 71 heavy (non-hydrogen) atoms. The summed E-state index contributed by atoms with van der Waals surface area (Å²) in [5, 5.41) is 12.1. The lowest BCUT2D eigenvalue weighted by molar-refractivity contribution is -0.302. The number of esters is 1. The average Bonchev–Trinajstić information content (AvgIpc) is 3.30. The highest BCUT2D eigenvalue weighted by molar-refractivity contribution is 6.74. The standard InChI is InChI=1S/C56H97NO12Si2/c1-20-23-41-29-35(2)28-36(3)30-47(64-14)50-48(65-15)32-38(5)56(62,67-50)51(59)52(60)57-27-22-21-24-42(57)53(61)66-49(39(6)45(34-43(41)58)69-71(18,19)55(10,11)12)37(4)31-40-25-26-44(46(33-40)63-13)68-70(16,17)54(7,8)9/h20,29,31,36,38-42,44-50,62H,1,21-28,30,32-34H2,2-19H3/b35-29+,37-31+/t36-,38+,39+,40-,41+,42-,44+,45?,46+,47-,48-,49+,50+,56+/m0/s1/i1+1D2. The molecule has 3 fully saturated rings. The molecule has 4 rings (SSSR count). The Morgan fingerprint density at radius 2 is 1.44 bits per heavy atom. The summed E-state index contributed by atoms with van der Waals surface area (Å²) >= 11 is 0. The van der Waals surface area contributed by atoms with Crippen LogP contribution in [0.4, 0.5) is 0 Å². The van der Waals surface area contributed by atoms with E-state index in [2.05, 4.69) is 73.8 Å². The van der Waals surface area contributed by atoms with E-state index in [-0.39, 0.29) is 78.7 Å². The zero-order valence-corrected chi connectivity index (χ0v) is 49.1. The van der Waals surface area contributed by atoms with Gasteiger partial charge in [-0.1, -0.05) is 86.1 Å². The summed E-state index contributed by atoms with van der Waals surface area (Å²) < 4.78 is 61.3. The smallest absolute Gasteiger partial charge is 0.329 e. The molecule has 0 aromatic heterocycles. The van der Waals surface area contributed by atoms with Crippen LogP contribution >= 0.6 is 0 Å². The Labute approximate surface area is 434 Å². The van der Waals surface area contributed by atoms with E-state index in [9.17, 15) is 14.7 Å². The number of Topliss-reactive ketones (excluding diaryl/α,β-unsaturated/α-hetero) is 2. The van der Waals surface area contributed by atoms with Crippen LogP contribution in [0.25, 0.3) is 0 Å². The molecule has 1 unspecified atom stereocenters. The average molecular weight is 1040 g/mol. The van der Waals surface area contributed by atoms with E-state index >= 15 is 9.59 Å². The number of nitrogens with zero attached hydrogens (tertiary/aromatic N) is 1. The first-order valence-corrected chi connectivity index (χ1v) is 32.4. The summed E-state index contributed by atoms with van der Waals surface area (Å²) in [5.74, 6) is -7.64. The second-order valence-electron chi connectivity index (χ2n) is 24.9. The Morgan fingerprint density at radius 3 is 2.01 bits per heavy atom. The van der Waals surface area contributed by atoms with E-state index in [0.29, 0.717) is 32.1 Å². The minimum atomic E-state index is -2.63. The second kappa shape index (κ2) is 25.0. The molecule has 1 aliphatic carbocycles. The first-order chi connectivity index (χ1) is 33.7. The zero-order chi connectivity index (χ0) is 55.2. The molecule has 2 saturated heterocycles. The van der Waals surface area contributed by atoms with E-state index in [1.54, 1.807) is 14.0 Å². The largest absolute Gasteiger partial charge is 0.456 e. The van der Waals surface area contributed by atoms with E-state index < -0.39 is 94.4 Å². The normalized spacial score (nSPS) is 36.6. The van der Waals surface area contributed by atoms with Crippen molar-refractivity contribution in [3.63, 3.8) is 0 Å². The second-order valence-corrected chi connectivity index (χ2v) is 34.4. The first kappa shape index (κ1) is 57.9. The van der Waals surface area contributed by atoms with Crippen LogP contribution in [0.3, 0.4) is 0 Å². The molecule has 0 spiro atoms. The summed E-state index contributed by atoms with van der Waals surface area (Å²) in [6.45, 7) is 31.2.